The van der Waals surface area contributed by atoms with Crippen LogP contribution in [-0.4, -0.2) is 50.7 Å². The number of β-amino-alcohol motifs (C(OH)–C–C–N with tert-alkyl or cyclic N) is 1. The molecule has 28 heavy (non-hydrogen) atoms. The van der Waals surface area contributed by atoms with Crippen LogP contribution in [0.25, 0.3) is 10.9 Å². The van der Waals surface area contributed by atoms with Crippen molar-refractivity contribution < 1.29 is 5.11 Å². The number of hydrogen-bond donors (Lipinski definition) is 2. The second-order valence-electron chi connectivity index (χ2n) is 7.56. The lowest BCUT2D eigenvalue weighted by atomic mass is 9.99. The van der Waals surface area contributed by atoms with Crippen LogP contribution in [0.5, 0.6) is 0 Å². The van der Waals surface area contributed by atoms with E-state index in [-0.39, 0.29) is 12.0 Å². The van der Waals surface area contributed by atoms with Gasteiger partial charge in [-0.2, -0.15) is 0 Å². The summed E-state index contributed by atoms with van der Waals surface area (Å²) >= 11 is 0. The highest BCUT2D eigenvalue weighted by Gasteiger charge is 2.31. The minimum atomic E-state index is -0.334. The Bertz CT molecular complexity index is 914. The van der Waals surface area contributed by atoms with E-state index in [1.54, 1.807) is 0 Å². The summed E-state index contributed by atoms with van der Waals surface area (Å²) in [5, 5.41) is 14.9. The average molecular weight is 377 g/mol. The van der Waals surface area contributed by atoms with Crippen molar-refractivity contribution in [1.82, 2.24) is 19.9 Å². The molecule has 0 bridgehead atoms. The third kappa shape index (κ3) is 4.46. The van der Waals surface area contributed by atoms with Crippen molar-refractivity contribution >= 4 is 16.9 Å². The Kier molecular flexibility index (Phi) is 5.78. The smallest absolute Gasteiger partial charge is 0.222 e. The van der Waals surface area contributed by atoms with Gasteiger partial charge in [-0.25, -0.2) is 9.97 Å². The first-order valence-electron chi connectivity index (χ1n) is 10.0. The zero-order valence-electron chi connectivity index (χ0n) is 16.3. The maximum atomic E-state index is 10.5. The zero-order valence-corrected chi connectivity index (χ0v) is 16.3. The van der Waals surface area contributed by atoms with Crippen LogP contribution in [0.15, 0.2) is 48.8 Å². The third-order valence-electron chi connectivity index (χ3n) is 5.25. The molecule has 0 saturated carbocycles. The quantitative estimate of drug-likeness (QED) is 0.660. The van der Waals surface area contributed by atoms with Gasteiger partial charge in [-0.05, 0) is 25.0 Å². The molecule has 1 aliphatic rings. The molecular weight excluding hydrogens is 350 g/mol. The standard InChI is InChI=1S/C22H27N5O/c1-2-9-23-22-24-11-16(12-25-22)13-27-14-18(21(28)15-27)10-19-8-7-17-5-3-4-6-20(17)26-19/h3-8,11-12,18,21,28H,2,9-10,13-15H2,1H3,(H,23,24,25). The maximum absolute atomic E-state index is 10.5. The van der Waals surface area contributed by atoms with Crippen molar-refractivity contribution in [2.24, 2.45) is 5.92 Å². The number of aromatic nitrogens is 3. The van der Waals surface area contributed by atoms with Crippen LogP contribution in [0.4, 0.5) is 5.95 Å². The number of benzene rings is 1. The molecular formula is C22H27N5O. The summed E-state index contributed by atoms with van der Waals surface area (Å²) in [5.41, 5.74) is 3.12. The molecule has 2 aromatic heterocycles. The summed E-state index contributed by atoms with van der Waals surface area (Å²) in [6.45, 7) is 5.28. The average Bonchev–Trinajstić information content (AvgIpc) is 3.06. The topological polar surface area (TPSA) is 74.2 Å². The highest BCUT2D eigenvalue weighted by Crippen LogP contribution is 2.23. The Morgan fingerprint density at radius 2 is 1.93 bits per heavy atom. The first kappa shape index (κ1) is 18.8. The van der Waals surface area contributed by atoms with E-state index < -0.39 is 0 Å². The maximum Gasteiger partial charge on any atom is 0.222 e. The molecule has 3 aromatic rings. The van der Waals surface area contributed by atoms with Crippen LogP contribution in [-0.2, 0) is 13.0 Å². The van der Waals surface area contributed by atoms with Gasteiger partial charge in [0.25, 0.3) is 0 Å². The molecule has 6 nitrogen and oxygen atoms in total. The Morgan fingerprint density at radius 3 is 2.75 bits per heavy atom. The van der Waals surface area contributed by atoms with Gasteiger partial charge in [0.15, 0.2) is 0 Å². The lowest BCUT2D eigenvalue weighted by Crippen LogP contribution is -2.21. The number of nitrogens with zero attached hydrogens (tertiary/aromatic N) is 4. The number of para-hydroxylation sites is 1. The molecule has 2 atom stereocenters. The number of rotatable bonds is 7. The molecule has 0 aliphatic carbocycles. The predicted molar refractivity (Wildman–Crippen MR) is 111 cm³/mol. The van der Waals surface area contributed by atoms with Crippen molar-refractivity contribution in [1.29, 1.82) is 0 Å². The van der Waals surface area contributed by atoms with E-state index in [4.69, 9.17) is 4.98 Å². The SMILES string of the molecule is CCCNc1ncc(CN2CC(O)C(Cc3ccc4ccccc4n3)C2)cn1. The van der Waals surface area contributed by atoms with Gasteiger partial charge in [-0.15, -0.1) is 0 Å². The largest absolute Gasteiger partial charge is 0.391 e. The second-order valence-corrected chi connectivity index (χ2v) is 7.56. The van der Waals surface area contributed by atoms with Gasteiger partial charge in [-0.1, -0.05) is 31.2 Å². The summed E-state index contributed by atoms with van der Waals surface area (Å²) < 4.78 is 0. The van der Waals surface area contributed by atoms with Crippen LogP contribution in [0.2, 0.25) is 0 Å². The first-order chi connectivity index (χ1) is 13.7. The molecule has 6 heteroatoms. The van der Waals surface area contributed by atoms with Crippen molar-refractivity contribution in [3.05, 3.63) is 60.0 Å². The van der Waals surface area contributed by atoms with E-state index in [0.29, 0.717) is 12.5 Å². The summed E-state index contributed by atoms with van der Waals surface area (Å²) in [7, 11) is 0. The molecule has 1 aromatic carbocycles. The van der Waals surface area contributed by atoms with Gasteiger partial charge in [0.2, 0.25) is 5.95 Å². The number of likely N-dealkylation sites (tertiary alicyclic amines) is 1. The lowest BCUT2D eigenvalue weighted by molar-refractivity contribution is 0.140. The van der Waals surface area contributed by atoms with E-state index >= 15 is 0 Å². The molecule has 146 valence electrons. The van der Waals surface area contributed by atoms with Crippen molar-refractivity contribution in [2.75, 3.05) is 25.0 Å². The number of anilines is 1. The van der Waals surface area contributed by atoms with E-state index in [1.807, 2.05) is 30.6 Å². The third-order valence-corrected chi connectivity index (χ3v) is 5.25. The van der Waals surface area contributed by atoms with E-state index in [0.717, 1.165) is 54.6 Å². The molecule has 4 rings (SSSR count). The summed E-state index contributed by atoms with van der Waals surface area (Å²) in [6.07, 6.45) is 5.24. The number of nitrogens with one attached hydrogen (secondary N) is 1. The lowest BCUT2D eigenvalue weighted by Gasteiger charge is -2.15. The Morgan fingerprint density at radius 1 is 1.11 bits per heavy atom. The van der Waals surface area contributed by atoms with Gasteiger partial charge in [0.1, 0.15) is 0 Å². The van der Waals surface area contributed by atoms with Crippen LogP contribution < -0.4 is 5.32 Å². The number of pyridine rings is 1. The Hall–Kier alpha value is -2.57. The minimum absolute atomic E-state index is 0.195. The van der Waals surface area contributed by atoms with Gasteiger partial charge in [0, 0.05) is 61.1 Å². The molecule has 0 radical (unpaired) electrons. The first-order valence-corrected chi connectivity index (χ1v) is 10.0. The molecule has 2 unspecified atom stereocenters. The number of aliphatic hydroxyl groups is 1. The van der Waals surface area contributed by atoms with E-state index in [9.17, 15) is 5.11 Å². The Labute approximate surface area is 165 Å². The number of hydrogen-bond acceptors (Lipinski definition) is 6. The molecule has 0 amide bonds. The molecule has 3 heterocycles. The van der Waals surface area contributed by atoms with Crippen molar-refractivity contribution in [3.63, 3.8) is 0 Å². The molecule has 1 fully saturated rings. The van der Waals surface area contributed by atoms with Crippen LogP contribution in [0.3, 0.4) is 0 Å². The zero-order chi connectivity index (χ0) is 19.3. The Balaban J connectivity index is 1.36. The fourth-order valence-electron chi connectivity index (χ4n) is 3.78. The van der Waals surface area contributed by atoms with Crippen LogP contribution in [0, 0.1) is 5.92 Å². The van der Waals surface area contributed by atoms with Gasteiger partial charge >= 0.3 is 0 Å². The molecule has 1 aliphatic heterocycles. The highest BCUT2D eigenvalue weighted by atomic mass is 16.3. The van der Waals surface area contributed by atoms with Crippen molar-refractivity contribution in [3.8, 4) is 0 Å². The molecule has 2 N–H and O–H groups in total. The van der Waals surface area contributed by atoms with Crippen LogP contribution >= 0.6 is 0 Å². The van der Waals surface area contributed by atoms with Crippen LogP contribution in [0.1, 0.15) is 24.6 Å². The predicted octanol–water partition coefficient (Wildman–Crippen LogP) is 2.88. The van der Waals surface area contributed by atoms with Gasteiger partial charge in [0.05, 0.1) is 11.6 Å². The second kappa shape index (κ2) is 8.63. The monoisotopic (exact) mass is 377 g/mol. The molecule has 0 spiro atoms. The normalized spacial score (nSPS) is 19.9. The fourth-order valence-corrected chi connectivity index (χ4v) is 3.78. The summed E-state index contributed by atoms with van der Waals surface area (Å²) in [4.78, 5) is 15.8. The van der Waals surface area contributed by atoms with Crippen molar-refractivity contribution in [2.45, 2.75) is 32.4 Å². The van der Waals surface area contributed by atoms with E-state index in [2.05, 4.69) is 45.3 Å². The molecule has 1 saturated heterocycles. The minimum Gasteiger partial charge on any atom is -0.391 e. The van der Waals surface area contributed by atoms with Gasteiger partial charge in [-0.3, -0.25) is 9.88 Å². The summed E-state index contributed by atoms with van der Waals surface area (Å²) in [6, 6.07) is 12.3. The highest BCUT2D eigenvalue weighted by molar-refractivity contribution is 5.78. The van der Waals surface area contributed by atoms with Gasteiger partial charge < -0.3 is 10.4 Å². The summed E-state index contributed by atoms with van der Waals surface area (Å²) in [5.74, 6) is 0.868. The fraction of sp³-hybridized carbons (Fsp3) is 0.409. The van der Waals surface area contributed by atoms with E-state index in [1.165, 1.54) is 0 Å². The number of aliphatic hydroxyl groups excluding tert-OH is 1. The number of fused-ring (bicyclic) bond motifs is 1.